The van der Waals surface area contributed by atoms with Crippen LogP contribution in [0, 0.1) is 11.6 Å². The zero-order valence-electron chi connectivity index (χ0n) is 18.4. The summed E-state index contributed by atoms with van der Waals surface area (Å²) in [4.78, 5) is 39.4. The number of aliphatic hydroxyl groups is 1. The highest BCUT2D eigenvalue weighted by Gasteiger charge is 2.33. The third kappa shape index (κ3) is 6.13. The minimum Gasteiger partial charge on any atom is -0.378 e. The summed E-state index contributed by atoms with van der Waals surface area (Å²) in [7, 11) is 1.68. The zero-order chi connectivity index (χ0) is 24.1. The first-order valence-corrected chi connectivity index (χ1v) is 10.7. The molecule has 2 aromatic rings. The van der Waals surface area contributed by atoms with E-state index in [1.165, 1.54) is 6.92 Å². The Hall–Kier alpha value is -3.33. The van der Waals surface area contributed by atoms with Gasteiger partial charge in [0.25, 0.3) is 5.91 Å². The lowest BCUT2D eigenvalue weighted by Gasteiger charge is -2.24. The van der Waals surface area contributed by atoms with Gasteiger partial charge in [-0.1, -0.05) is 30.3 Å². The number of rotatable bonds is 6. The van der Waals surface area contributed by atoms with Crippen molar-refractivity contribution in [3.63, 3.8) is 0 Å². The molecule has 3 rings (SSSR count). The predicted octanol–water partition coefficient (Wildman–Crippen LogP) is 2.02. The predicted molar refractivity (Wildman–Crippen MR) is 117 cm³/mol. The van der Waals surface area contributed by atoms with E-state index in [1.54, 1.807) is 11.9 Å². The number of amides is 3. The van der Waals surface area contributed by atoms with Crippen molar-refractivity contribution in [2.75, 3.05) is 13.6 Å². The molecule has 0 spiro atoms. The quantitative estimate of drug-likeness (QED) is 0.616. The number of likely N-dealkylation sites (N-methyl/N-ethyl adjacent to an activating group) is 1. The average molecular weight is 459 g/mol. The Labute approximate surface area is 190 Å². The van der Waals surface area contributed by atoms with Crippen molar-refractivity contribution in [1.29, 1.82) is 0 Å². The molecule has 1 heterocycles. The van der Waals surface area contributed by atoms with Gasteiger partial charge in [0.05, 0.1) is 0 Å². The topological polar surface area (TPSA) is 98.7 Å². The lowest BCUT2D eigenvalue weighted by Crippen LogP contribution is -2.53. The summed E-state index contributed by atoms with van der Waals surface area (Å²) in [5, 5.41) is 15.1. The highest BCUT2D eigenvalue weighted by Crippen LogP contribution is 2.28. The van der Waals surface area contributed by atoms with Gasteiger partial charge in [-0.15, -0.1) is 0 Å². The smallest absolute Gasteiger partial charge is 0.254 e. The van der Waals surface area contributed by atoms with Crippen molar-refractivity contribution < 1.29 is 28.3 Å². The van der Waals surface area contributed by atoms with Gasteiger partial charge in [0.15, 0.2) is 6.10 Å². The molecule has 0 aliphatic carbocycles. The van der Waals surface area contributed by atoms with E-state index in [0.717, 1.165) is 24.1 Å². The van der Waals surface area contributed by atoms with Crippen molar-refractivity contribution in [2.45, 2.75) is 43.9 Å². The van der Waals surface area contributed by atoms with E-state index in [2.05, 4.69) is 10.6 Å². The fourth-order valence-corrected chi connectivity index (χ4v) is 3.92. The molecule has 1 fully saturated rings. The zero-order valence-corrected chi connectivity index (χ0v) is 18.4. The number of carbonyl (C=O) groups is 3. The highest BCUT2D eigenvalue weighted by atomic mass is 19.1. The van der Waals surface area contributed by atoms with Crippen LogP contribution in [0.3, 0.4) is 0 Å². The van der Waals surface area contributed by atoms with Crippen molar-refractivity contribution in [3.05, 3.63) is 71.3 Å². The number of carbonyl (C=O) groups excluding carboxylic acids is 3. The number of hydrogen-bond donors (Lipinski definition) is 3. The first kappa shape index (κ1) is 24.3. The molecular formula is C24H27F2N3O4. The Morgan fingerprint density at radius 2 is 1.73 bits per heavy atom. The maximum atomic E-state index is 13.4. The molecule has 3 N–H and O–H groups in total. The Bertz CT molecular complexity index is 998. The second-order valence-electron chi connectivity index (χ2n) is 8.29. The third-order valence-corrected chi connectivity index (χ3v) is 5.80. The van der Waals surface area contributed by atoms with E-state index in [4.69, 9.17) is 0 Å². The third-order valence-electron chi connectivity index (χ3n) is 5.80. The van der Waals surface area contributed by atoms with E-state index < -0.39 is 41.6 Å². The minimum absolute atomic E-state index is 0.0694. The second-order valence-corrected chi connectivity index (χ2v) is 8.29. The summed E-state index contributed by atoms with van der Waals surface area (Å²) in [5.41, 5.74) is 0.801. The molecule has 0 saturated carbocycles. The number of aliphatic hydroxyl groups excluding tert-OH is 1. The molecule has 0 radical (unpaired) electrons. The molecule has 4 atom stereocenters. The molecule has 7 nitrogen and oxygen atoms in total. The molecule has 0 unspecified atom stereocenters. The maximum Gasteiger partial charge on any atom is 0.254 e. The summed E-state index contributed by atoms with van der Waals surface area (Å²) >= 11 is 0. The number of benzene rings is 2. The van der Waals surface area contributed by atoms with Crippen LogP contribution in [0.15, 0.2) is 48.5 Å². The average Bonchev–Trinajstić information content (AvgIpc) is 2.92. The summed E-state index contributed by atoms with van der Waals surface area (Å²) in [6, 6.07) is 10.1. The van der Waals surface area contributed by atoms with Gasteiger partial charge in [0.1, 0.15) is 23.7 Å². The van der Waals surface area contributed by atoms with Crippen molar-refractivity contribution in [2.24, 2.45) is 0 Å². The second kappa shape index (κ2) is 10.5. The van der Waals surface area contributed by atoms with Gasteiger partial charge < -0.3 is 20.6 Å². The fraction of sp³-hybridized carbons (Fsp3) is 0.375. The standard InChI is InChI=1S/C24H27F2N3O4/c1-14(27-23(32)21(30)17-10-18(25)13-19(26)11-17)22(31)28-20-12-16(8-9-29(2)24(20)33)15-6-4-3-5-7-15/h3-7,10-11,13-14,16,20-21,30H,8-9,12H2,1-2H3,(H,27,32)(H,28,31)/t14-,16+,20-,21+/m0/s1. The van der Waals surface area contributed by atoms with E-state index in [9.17, 15) is 28.3 Å². The molecule has 0 aromatic heterocycles. The lowest BCUT2D eigenvalue weighted by atomic mass is 9.90. The molecule has 176 valence electrons. The van der Waals surface area contributed by atoms with Gasteiger partial charge in [-0.3, -0.25) is 14.4 Å². The molecule has 9 heteroatoms. The van der Waals surface area contributed by atoms with Crippen LogP contribution in [0.4, 0.5) is 8.78 Å². The Morgan fingerprint density at radius 1 is 1.09 bits per heavy atom. The molecule has 1 aliphatic rings. The van der Waals surface area contributed by atoms with Gasteiger partial charge in [-0.25, -0.2) is 8.78 Å². The van der Waals surface area contributed by atoms with Gasteiger partial charge in [0.2, 0.25) is 11.8 Å². The lowest BCUT2D eigenvalue weighted by molar-refractivity contribution is -0.137. The van der Waals surface area contributed by atoms with Gasteiger partial charge >= 0.3 is 0 Å². The molecule has 1 saturated heterocycles. The largest absolute Gasteiger partial charge is 0.378 e. The minimum atomic E-state index is -1.86. The van der Waals surface area contributed by atoms with E-state index in [0.29, 0.717) is 19.0 Å². The van der Waals surface area contributed by atoms with Crippen LogP contribution in [0.1, 0.15) is 42.9 Å². The Balaban J connectivity index is 1.65. The molecule has 0 bridgehead atoms. The van der Waals surface area contributed by atoms with Crippen LogP contribution >= 0.6 is 0 Å². The van der Waals surface area contributed by atoms with E-state index in [1.807, 2.05) is 30.3 Å². The van der Waals surface area contributed by atoms with Crippen LogP contribution in [0.25, 0.3) is 0 Å². The molecule has 1 aliphatic heterocycles. The SMILES string of the molecule is C[C@H](NC(=O)[C@H](O)c1cc(F)cc(F)c1)C(=O)N[C@H]1C[C@H](c2ccccc2)CCN(C)C1=O. The molecule has 2 aromatic carbocycles. The van der Waals surface area contributed by atoms with Crippen LogP contribution in [-0.4, -0.2) is 53.4 Å². The molecule has 33 heavy (non-hydrogen) atoms. The summed E-state index contributed by atoms with van der Waals surface area (Å²) in [6.07, 6.45) is -0.704. The van der Waals surface area contributed by atoms with Crippen molar-refractivity contribution in [3.8, 4) is 0 Å². The van der Waals surface area contributed by atoms with E-state index >= 15 is 0 Å². The number of halogens is 2. The fourth-order valence-electron chi connectivity index (χ4n) is 3.92. The van der Waals surface area contributed by atoms with Crippen LogP contribution in [-0.2, 0) is 14.4 Å². The number of nitrogens with one attached hydrogen (secondary N) is 2. The van der Waals surface area contributed by atoms with Gasteiger partial charge in [-0.05, 0) is 48.9 Å². The first-order chi connectivity index (χ1) is 15.7. The van der Waals surface area contributed by atoms with E-state index in [-0.39, 0.29) is 17.4 Å². The Kier molecular flexibility index (Phi) is 7.75. The highest BCUT2D eigenvalue weighted by molar-refractivity contribution is 5.92. The first-order valence-electron chi connectivity index (χ1n) is 10.7. The summed E-state index contributed by atoms with van der Waals surface area (Å²) in [6.45, 7) is 1.94. The van der Waals surface area contributed by atoms with Gasteiger partial charge in [0, 0.05) is 19.7 Å². The molecule has 3 amide bonds. The number of hydrogen-bond acceptors (Lipinski definition) is 4. The Morgan fingerprint density at radius 3 is 2.36 bits per heavy atom. The monoisotopic (exact) mass is 459 g/mol. The van der Waals surface area contributed by atoms with Crippen LogP contribution in [0.2, 0.25) is 0 Å². The summed E-state index contributed by atoms with van der Waals surface area (Å²) < 4.78 is 26.8. The van der Waals surface area contributed by atoms with Crippen LogP contribution in [0.5, 0.6) is 0 Å². The number of nitrogens with zero attached hydrogens (tertiary/aromatic N) is 1. The van der Waals surface area contributed by atoms with Crippen molar-refractivity contribution >= 4 is 17.7 Å². The van der Waals surface area contributed by atoms with Gasteiger partial charge in [-0.2, -0.15) is 0 Å². The molecular weight excluding hydrogens is 432 g/mol. The maximum absolute atomic E-state index is 13.4. The van der Waals surface area contributed by atoms with Crippen LogP contribution < -0.4 is 10.6 Å². The van der Waals surface area contributed by atoms with Crippen molar-refractivity contribution in [1.82, 2.24) is 15.5 Å². The number of likely N-dealkylation sites (tertiary alicyclic amines) is 1. The normalized spacial score (nSPS) is 20.5. The summed E-state index contributed by atoms with van der Waals surface area (Å²) in [5.74, 6) is -3.63.